The maximum absolute atomic E-state index is 12.9. The molecule has 0 atom stereocenters. The van der Waals surface area contributed by atoms with Crippen molar-refractivity contribution in [3.05, 3.63) is 97.3 Å². The SMILES string of the molecule is COc1ccc(/C=C2\SC(=O)N(Cc3cccc(Cl)c3)C2=O)cc1OCc1ccc(Cl)cc1Cl. The van der Waals surface area contributed by atoms with Gasteiger partial charge in [-0.1, -0.05) is 59.1 Å². The van der Waals surface area contributed by atoms with E-state index in [1.54, 1.807) is 67.8 Å². The van der Waals surface area contributed by atoms with Crippen LogP contribution in [0.4, 0.5) is 4.79 Å². The molecule has 5 nitrogen and oxygen atoms in total. The zero-order chi connectivity index (χ0) is 24.2. The van der Waals surface area contributed by atoms with Crippen LogP contribution in [0.15, 0.2) is 65.6 Å². The van der Waals surface area contributed by atoms with Gasteiger partial charge in [0.05, 0.1) is 18.6 Å². The summed E-state index contributed by atoms with van der Waals surface area (Å²) in [7, 11) is 1.54. The van der Waals surface area contributed by atoms with Gasteiger partial charge in [-0.3, -0.25) is 14.5 Å². The Bertz CT molecular complexity index is 1290. The minimum absolute atomic E-state index is 0.154. The molecule has 2 amide bonds. The molecule has 1 aliphatic rings. The van der Waals surface area contributed by atoms with Gasteiger partial charge in [0.15, 0.2) is 11.5 Å². The third-order valence-corrected chi connectivity index (χ3v) is 6.72. The van der Waals surface area contributed by atoms with Crippen LogP contribution in [0.3, 0.4) is 0 Å². The number of hydrogen-bond donors (Lipinski definition) is 0. The molecule has 0 spiro atoms. The molecule has 34 heavy (non-hydrogen) atoms. The first-order valence-corrected chi connectivity index (χ1v) is 12.0. The molecule has 1 heterocycles. The number of ether oxygens (including phenoxy) is 2. The Hall–Kier alpha value is -2.64. The normalized spacial score (nSPS) is 14.7. The highest BCUT2D eigenvalue weighted by Gasteiger charge is 2.35. The maximum atomic E-state index is 12.9. The third-order valence-electron chi connectivity index (χ3n) is 4.99. The van der Waals surface area contributed by atoms with Crippen molar-refractivity contribution in [2.24, 2.45) is 0 Å². The van der Waals surface area contributed by atoms with Gasteiger partial charge in [-0.05, 0) is 65.4 Å². The largest absolute Gasteiger partial charge is 0.493 e. The molecule has 0 saturated carbocycles. The van der Waals surface area contributed by atoms with Gasteiger partial charge in [-0.2, -0.15) is 0 Å². The molecule has 1 saturated heterocycles. The molecule has 0 radical (unpaired) electrons. The lowest BCUT2D eigenvalue weighted by molar-refractivity contribution is -0.123. The Kier molecular flexibility index (Phi) is 7.73. The fourth-order valence-corrected chi connectivity index (χ4v) is 4.81. The van der Waals surface area contributed by atoms with E-state index in [0.29, 0.717) is 37.0 Å². The lowest BCUT2D eigenvalue weighted by Gasteiger charge is -2.13. The first-order valence-electron chi connectivity index (χ1n) is 10.1. The van der Waals surface area contributed by atoms with E-state index in [4.69, 9.17) is 44.3 Å². The molecule has 4 rings (SSSR count). The molecule has 1 fully saturated rings. The number of thioether (sulfide) groups is 1. The number of benzene rings is 3. The molecular weight excluding hydrogens is 517 g/mol. The molecule has 3 aromatic rings. The molecule has 174 valence electrons. The van der Waals surface area contributed by atoms with E-state index in [1.807, 2.05) is 6.07 Å². The van der Waals surface area contributed by atoms with E-state index in [0.717, 1.165) is 22.9 Å². The third kappa shape index (κ3) is 5.70. The van der Waals surface area contributed by atoms with Crippen LogP contribution in [0, 0.1) is 0 Å². The molecule has 1 aliphatic heterocycles. The van der Waals surface area contributed by atoms with E-state index >= 15 is 0 Å². The van der Waals surface area contributed by atoms with Crippen LogP contribution in [0.5, 0.6) is 11.5 Å². The monoisotopic (exact) mass is 533 g/mol. The quantitative estimate of drug-likeness (QED) is 0.294. The van der Waals surface area contributed by atoms with Gasteiger partial charge in [0.1, 0.15) is 6.61 Å². The minimum atomic E-state index is -0.360. The first-order chi connectivity index (χ1) is 16.3. The summed E-state index contributed by atoms with van der Waals surface area (Å²) in [6, 6.07) is 17.5. The maximum Gasteiger partial charge on any atom is 0.293 e. The first kappa shape index (κ1) is 24.5. The van der Waals surface area contributed by atoms with Gasteiger partial charge >= 0.3 is 0 Å². The van der Waals surface area contributed by atoms with E-state index in [1.165, 1.54) is 4.90 Å². The fourth-order valence-electron chi connectivity index (χ4n) is 3.30. The summed E-state index contributed by atoms with van der Waals surface area (Å²) in [4.78, 5) is 26.9. The van der Waals surface area contributed by atoms with Crippen molar-refractivity contribution in [3.63, 3.8) is 0 Å². The van der Waals surface area contributed by atoms with Crippen molar-refractivity contribution < 1.29 is 19.1 Å². The van der Waals surface area contributed by atoms with Crippen LogP contribution in [0.25, 0.3) is 6.08 Å². The van der Waals surface area contributed by atoms with E-state index < -0.39 is 0 Å². The van der Waals surface area contributed by atoms with Crippen molar-refractivity contribution in [3.8, 4) is 11.5 Å². The second kappa shape index (κ2) is 10.7. The van der Waals surface area contributed by atoms with E-state index in [2.05, 4.69) is 0 Å². The number of rotatable bonds is 7. The Labute approximate surface area is 216 Å². The Balaban J connectivity index is 1.53. The van der Waals surface area contributed by atoms with Crippen molar-refractivity contribution in [1.82, 2.24) is 4.90 Å². The predicted octanol–water partition coefficient (Wildman–Crippen LogP) is 7.47. The van der Waals surface area contributed by atoms with Crippen LogP contribution in [-0.2, 0) is 17.9 Å². The molecule has 0 aliphatic carbocycles. The summed E-state index contributed by atoms with van der Waals surface area (Å²) in [5.41, 5.74) is 2.23. The molecule has 3 aromatic carbocycles. The van der Waals surface area contributed by atoms with E-state index in [9.17, 15) is 9.59 Å². The summed E-state index contributed by atoms with van der Waals surface area (Å²) in [5, 5.41) is 1.25. The highest BCUT2D eigenvalue weighted by atomic mass is 35.5. The topological polar surface area (TPSA) is 55.8 Å². The zero-order valence-corrected chi connectivity index (χ0v) is 21.0. The van der Waals surface area contributed by atoms with Crippen LogP contribution in [0.1, 0.15) is 16.7 Å². The van der Waals surface area contributed by atoms with Gasteiger partial charge in [-0.25, -0.2) is 0 Å². The average Bonchev–Trinajstić information content (AvgIpc) is 3.06. The summed E-state index contributed by atoms with van der Waals surface area (Å²) < 4.78 is 11.3. The Morgan fingerprint density at radius 1 is 0.941 bits per heavy atom. The smallest absolute Gasteiger partial charge is 0.293 e. The lowest BCUT2D eigenvalue weighted by Crippen LogP contribution is -2.27. The number of hydrogen-bond acceptors (Lipinski definition) is 5. The standard InChI is InChI=1S/C25H18Cl3NO4S/c1-32-21-8-5-15(10-22(21)33-14-17-6-7-19(27)12-20(17)28)11-23-24(30)29(25(31)34-23)13-16-3-2-4-18(26)9-16/h2-12H,13-14H2,1H3/b23-11-. The van der Waals surface area contributed by atoms with Crippen molar-refractivity contribution in [2.75, 3.05) is 7.11 Å². The lowest BCUT2D eigenvalue weighted by atomic mass is 10.1. The fraction of sp³-hybridized carbons (Fsp3) is 0.120. The van der Waals surface area contributed by atoms with Gasteiger partial charge in [-0.15, -0.1) is 0 Å². The molecule has 0 N–H and O–H groups in total. The zero-order valence-electron chi connectivity index (χ0n) is 17.9. The van der Waals surface area contributed by atoms with Gasteiger partial charge in [0.2, 0.25) is 0 Å². The van der Waals surface area contributed by atoms with Crippen molar-refractivity contribution >= 4 is 63.8 Å². The molecule has 0 aromatic heterocycles. The summed E-state index contributed by atoms with van der Waals surface area (Å²) >= 11 is 19.1. The molecule has 0 unspecified atom stereocenters. The Morgan fingerprint density at radius 2 is 1.74 bits per heavy atom. The molecular formula is C25H18Cl3NO4S. The number of imide groups is 1. The molecule has 9 heteroatoms. The Morgan fingerprint density at radius 3 is 2.47 bits per heavy atom. The summed E-state index contributed by atoms with van der Waals surface area (Å²) in [6.45, 7) is 0.355. The summed E-state index contributed by atoms with van der Waals surface area (Å²) in [6.07, 6.45) is 1.66. The van der Waals surface area contributed by atoms with Gasteiger partial charge in [0, 0.05) is 20.6 Å². The number of carbonyl (C=O) groups is 2. The van der Waals surface area contributed by atoms with E-state index in [-0.39, 0.29) is 24.3 Å². The van der Waals surface area contributed by atoms with Crippen LogP contribution in [0.2, 0.25) is 15.1 Å². The minimum Gasteiger partial charge on any atom is -0.493 e. The number of carbonyl (C=O) groups excluding carboxylic acids is 2. The highest BCUT2D eigenvalue weighted by Crippen LogP contribution is 2.36. The summed E-state index contributed by atoms with van der Waals surface area (Å²) in [5.74, 6) is 0.637. The van der Waals surface area contributed by atoms with Crippen LogP contribution in [-0.4, -0.2) is 23.2 Å². The van der Waals surface area contributed by atoms with Crippen molar-refractivity contribution in [2.45, 2.75) is 13.2 Å². The second-order valence-corrected chi connectivity index (χ2v) is 9.61. The predicted molar refractivity (Wildman–Crippen MR) is 137 cm³/mol. The molecule has 0 bridgehead atoms. The highest BCUT2D eigenvalue weighted by molar-refractivity contribution is 8.18. The van der Waals surface area contributed by atoms with Crippen molar-refractivity contribution in [1.29, 1.82) is 0 Å². The van der Waals surface area contributed by atoms with Crippen LogP contribution >= 0.6 is 46.6 Å². The number of halogens is 3. The van der Waals surface area contributed by atoms with Gasteiger partial charge in [0.25, 0.3) is 11.1 Å². The second-order valence-electron chi connectivity index (χ2n) is 7.33. The number of nitrogens with zero attached hydrogens (tertiary/aromatic N) is 1. The number of amides is 2. The number of methoxy groups -OCH3 is 1. The van der Waals surface area contributed by atoms with Crippen LogP contribution < -0.4 is 9.47 Å². The average molecular weight is 535 g/mol. The van der Waals surface area contributed by atoms with Gasteiger partial charge < -0.3 is 9.47 Å².